The zero-order valence-corrected chi connectivity index (χ0v) is 12.6. The molecular weight excluding hydrogens is 262 g/mol. The Morgan fingerprint density at radius 1 is 1.24 bits per heavy atom. The predicted molar refractivity (Wildman–Crippen MR) is 85.7 cm³/mol. The van der Waals surface area contributed by atoms with Crippen LogP contribution in [0.1, 0.15) is 18.9 Å². The molecule has 4 nitrogen and oxygen atoms in total. The molecule has 2 heterocycles. The molecule has 2 aromatic rings. The molecule has 0 saturated carbocycles. The van der Waals surface area contributed by atoms with Crippen molar-refractivity contribution in [3.05, 3.63) is 36.0 Å². The van der Waals surface area contributed by atoms with Crippen LogP contribution in [0, 0.1) is 0 Å². The predicted octanol–water partition coefficient (Wildman–Crippen LogP) is 2.43. The summed E-state index contributed by atoms with van der Waals surface area (Å²) < 4.78 is 5.83. The highest BCUT2D eigenvalue weighted by atomic mass is 16.5. The SMILES string of the molecule is CCCOc1ccc(CN2CCNCC2)c2cccnc12. The van der Waals surface area contributed by atoms with Gasteiger partial charge in [-0.05, 0) is 24.1 Å². The standard InChI is InChI=1S/C17H23N3O/c1-2-12-21-16-6-5-14(13-20-10-8-18-9-11-20)15-4-3-7-19-17(15)16/h3-7,18H,2,8-13H2,1H3. The van der Waals surface area contributed by atoms with E-state index in [0.717, 1.165) is 57.0 Å². The highest BCUT2D eigenvalue weighted by Gasteiger charge is 2.13. The fourth-order valence-electron chi connectivity index (χ4n) is 2.78. The van der Waals surface area contributed by atoms with Crippen molar-refractivity contribution in [2.75, 3.05) is 32.8 Å². The molecular formula is C17H23N3O. The lowest BCUT2D eigenvalue weighted by Crippen LogP contribution is -2.42. The molecule has 0 unspecified atom stereocenters. The third-order valence-electron chi connectivity index (χ3n) is 3.89. The fourth-order valence-corrected chi connectivity index (χ4v) is 2.78. The highest BCUT2D eigenvalue weighted by molar-refractivity contribution is 5.87. The van der Waals surface area contributed by atoms with Crippen LogP contribution in [0.15, 0.2) is 30.5 Å². The molecule has 1 aromatic carbocycles. The van der Waals surface area contributed by atoms with Gasteiger partial charge in [-0.2, -0.15) is 0 Å². The number of benzene rings is 1. The number of aromatic nitrogens is 1. The minimum atomic E-state index is 0.739. The molecule has 1 saturated heterocycles. The van der Waals surface area contributed by atoms with E-state index in [-0.39, 0.29) is 0 Å². The molecule has 21 heavy (non-hydrogen) atoms. The van der Waals surface area contributed by atoms with Crippen molar-refractivity contribution >= 4 is 10.9 Å². The number of piperazine rings is 1. The third-order valence-corrected chi connectivity index (χ3v) is 3.89. The van der Waals surface area contributed by atoms with E-state index < -0.39 is 0 Å². The summed E-state index contributed by atoms with van der Waals surface area (Å²) in [6.07, 6.45) is 2.85. The van der Waals surface area contributed by atoms with E-state index in [9.17, 15) is 0 Å². The summed E-state index contributed by atoms with van der Waals surface area (Å²) in [5.74, 6) is 0.900. The first kappa shape index (κ1) is 14.3. The molecule has 1 N–H and O–H groups in total. The Morgan fingerprint density at radius 3 is 2.90 bits per heavy atom. The molecule has 1 aliphatic rings. The highest BCUT2D eigenvalue weighted by Crippen LogP contribution is 2.27. The Kier molecular flexibility index (Phi) is 4.68. The zero-order chi connectivity index (χ0) is 14.5. The maximum atomic E-state index is 5.83. The lowest BCUT2D eigenvalue weighted by molar-refractivity contribution is 0.234. The van der Waals surface area contributed by atoms with Crippen LogP contribution in [0.5, 0.6) is 5.75 Å². The van der Waals surface area contributed by atoms with Crippen molar-refractivity contribution in [3.8, 4) is 5.75 Å². The second kappa shape index (κ2) is 6.87. The van der Waals surface area contributed by atoms with E-state index in [2.05, 4.69) is 40.3 Å². The summed E-state index contributed by atoms with van der Waals surface area (Å²) >= 11 is 0. The van der Waals surface area contributed by atoms with Crippen molar-refractivity contribution in [2.24, 2.45) is 0 Å². The van der Waals surface area contributed by atoms with Crippen LogP contribution in [0.2, 0.25) is 0 Å². The Morgan fingerprint density at radius 2 is 2.10 bits per heavy atom. The molecule has 0 radical (unpaired) electrons. The number of fused-ring (bicyclic) bond motifs is 1. The second-order valence-electron chi connectivity index (χ2n) is 5.50. The lowest BCUT2D eigenvalue weighted by atomic mass is 10.1. The first-order valence-corrected chi connectivity index (χ1v) is 7.81. The largest absolute Gasteiger partial charge is 0.491 e. The third kappa shape index (κ3) is 3.34. The van der Waals surface area contributed by atoms with E-state index in [1.165, 1.54) is 10.9 Å². The van der Waals surface area contributed by atoms with Gasteiger partial charge in [-0.25, -0.2) is 0 Å². The number of nitrogens with zero attached hydrogens (tertiary/aromatic N) is 2. The van der Waals surface area contributed by atoms with Crippen molar-refractivity contribution in [1.29, 1.82) is 0 Å². The Balaban J connectivity index is 1.88. The molecule has 0 aliphatic carbocycles. The first-order valence-electron chi connectivity index (χ1n) is 7.81. The van der Waals surface area contributed by atoms with Crippen molar-refractivity contribution in [2.45, 2.75) is 19.9 Å². The quantitative estimate of drug-likeness (QED) is 0.915. The Labute approximate surface area is 126 Å². The number of hydrogen-bond acceptors (Lipinski definition) is 4. The molecule has 0 bridgehead atoms. The summed E-state index contributed by atoms with van der Waals surface area (Å²) in [5, 5.41) is 4.61. The number of ether oxygens (including phenoxy) is 1. The topological polar surface area (TPSA) is 37.4 Å². The van der Waals surface area contributed by atoms with E-state index >= 15 is 0 Å². The van der Waals surface area contributed by atoms with E-state index in [4.69, 9.17) is 4.74 Å². The molecule has 1 aromatic heterocycles. The fraction of sp³-hybridized carbons (Fsp3) is 0.471. The molecule has 1 fully saturated rings. The van der Waals surface area contributed by atoms with Crippen LogP contribution in [0.3, 0.4) is 0 Å². The number of hydrogen-bond donors (Lipinski definition) is 1. The lowest BCUT2D eigenvalue weighted by Gasteiger charge is -2.27. The molecule has 0 amide bonds. The van der Waals surface area contributed by atoms with Gasteiger partial charge in [0.05, 0.1) is 6.61 Å². The smallest absolute Gasteiger partial charge is 0.145 e. The van der Waals surface area contributed by atoms with Crippen LogP contribution >= 0.6 is 0 Å². The normalized spacial score (nSPS) is 16.2. The second-order valence-corrected chi connectivity index (χ2v) is 5.50. The van der Waals surface area contributed by atoms with E-state index in [0.29, 0.717) is 0 Å². The summed E-state index contributed by atoms with van der Waals surface area (Å²) in [6, 6.07) is 8.42. The van der Waals surface area contributed by atoms with Crippen LogP contribution in [-0.4, -0.2) is 42.7 Å². The van der Waals surface area contributed by atoms with Crippen LogP contribution in [-0.2, 0) is 6.54 Å². The Bertz CT molecular complexity index is 594. The first-order chi connectivity index (χ1) is 10.4. The maximum absolute atomic E-state index is 5.83. The van der Waals surface area contributed by atoms with Crippen LogP contribution in [0.25, 0.3) is 10.9 Å². The summed E-state index contributed by atoms with van der Waals surface area (Å²) in [4.78, 5) is 7.02. The van der Waals surface area contributed by atoms with Crippen molar-refractivity contribution in [3.63, 3.8) is 0 Å². The van der Waals surface area contributed by atoms with Gasteiger partial charge in [-0.15, -0.1) is 0 Å². The van der Waals surface area contributed by atoms with Gasteiger partial charge in [0, 0.05) is 44.3 Å². The molecule has 0 atom stereocenters. The average molecular weight is 285 g/mol. The van der Waals surface area contributed by atoms with Gasteiger partial charge >= 0.3 is 0 Å². The zero-order valence-electron chi connectivity index (χ0n) is 12.6. The monoisotopic (exact) mass is 285 g/mol. The maximum Gasteiger partial charge on any atom is 0.145 e. The minimum absolute atomic E-state index is 0.739. The van der Waals surface area contributed by atoms with Gasteiger partial charge in [-0.1, -0.05) is 19.1 Å². The van der Waals surface area contributed by atoms with Gasteiger partial charge < -0.3 is 10.1 Å². The minimum Gasteiger partial charge on any atom is -0.491 e. The van der Waals surface area contributed by atoms with Crippen molar-refractivity contribution < 1.29 is 4.74 Å². The summed E-state index contributed by atoms with van der Waals surface area (Å²) in [6.45, 7) is 8.21. The van der Waals surface area contributed by atoms with Crippen LogP contribution < -0.4 is 10.1 Å². The number of pyridine rings is 1. The summed E-state index contributed by atoms with van der Waals surface area (Å²) in [5.41, 5.74) is 2.32. The van der Waals surface area contributed by atoms with Crippen molar-refractivity contribution in [1.82, 2.24) is 15.2 Å². The number of rotatable bonds is 5. The molecule has 1 aliphatic heterocycles. The molecule has 4 heteroatoms. The summed E-state index contributed by atoms with van der Waals surface area (Å²) in [7, 11) is 0. The van der Waals surface area contributed by atoms with Crippen LogP contribution in [0.4, 0.5) is 0 Å². The van der Waals surface area contributed by atoms with Gasteiger partial charge in [0.2, 0.25) is 0 Å². The Hall–Kier alpha value is -1.65. The average Bonchev–Trinajstić information content (AvgIpc) is 2.55. The van der Waals surface area contributed by atoms with Gasteiger partial charge in [0.25, 0.3) is 0 Å². The van der Waals surface area contributed by atoms with Gasteiger partial charge in [0.15, 0.2) is 0 Å². The molecule has 0 spiro atoms. The molecule has 3 rings (SSSR count). The van der Waals surface area contributed by atoms with Gasteiger partial charge in [-0.3, -0.25) is 9.88 Å². The van der Waals surface area contributed by atoms with Gasteiger partial charge in [0.1, 0.15) is 11.3 Å². The molecule has 112 valence electrons. The number of nitrogens with one attached hydrogen (secondary N) is 1. The van der Waals surface area contributed by atoms with E-state index in [1.807, 2.05) is 12.3 Å². The van der Waals surface area contributed by atoms with E-state index in [1.54, 1.807) is 0 Å².